The van der Waals surface area contributed by atoms with Gasteiger partial charge in [0.25, 0.3) is 0 Å². The highest BCUT2D eigenvalue weighted by atomic mass is 16.5. The summed E-state index contributed by atoms with van der Waals surface area (Å²) in [4.78, 5) is 12.8. The number of benzene rings is 3. The molecule has 0 radical (unpaired) electrons. The Morgan fingerprint density at radius 3 is 2.36 bits per heavy atom. The zero-order chi connectivity index (χ0) is 19.5. The van der Waals surface area contributed by atoms with Gasteiger partial charge in [-0.05, 0) is 48.4 Å². The lowest BCUT2D eigenvalue weighted by Gasteiger charge is -2.09. The third-order valence-corrected chi connectivity index (χ3v) is 4.55. The van der Waals surface area contributed by atoms with Crippen LogP contribution in [0.25, 0.3) is 22.1 Å². The van der Waals surface area contributed by atoms with Crippen LogP contribution in [0.2, 0.25) is 0 Å². The fourth-order valence-electron chi connectivity index (χ4n) is 3.14. The van der Waals surface area contributed by atoms with Crippen LogP contribution in [-0.2, 0) is 0 Å². The molecule has 0 N–H and O–H groups in total. The highest BCUT2D eigenvalue weighted by molar-refractivity contribution is 5.96. The van der Waals surface area contributed by atoms with Crippen molar-refractivity contribution in [1.82, 2.24) is 0 Å². The molecule has 0 spiro atoms. The minimum Gasteiger partial charge on any atom is -0.497 e. The van der Waals surface area contributed by atoms with Crippen LogP contribution >= 0.6 is 0 Å². The molecule has 0 amide bonds. The third-order valence-electron chi connectivity index (χ3n) is 4.55. The van der Waals surface area contributed by atoms with Gasteiger partial charge in [-0.15, -0.1) is 0 Å². The van der Waals surface area contributed by atoms with Crippen LogP contribution in [0.1, 0.15) is 16.7 Å². The molecule has 0 saturated carbocycles. The first-order valence-corrected chi connectivity index (χ1v) is 8.94. The Morgan fingerprint density at radius 2 is 1.64 bits per heavy atom. The van der Waals surface area contributed by atoms with Crippen LogP contribution in [0.5, 0.6) is 5.75 Å². The summed E-state index contributed by atoms with van der Waals surface area (Å²) < 4.78 is 10.8. The fourth-order valence-corrected chi connectivity index (χ4v) is 3.14. The molecular weight excluding hydrogens is 348 g/mol. The van der Waals surface area contributed by atoms with E-state index in [0.29, 0.717) is 11.1 Å². The molecule has 0 aliphatic heterocycles. The first-order valence-electron chi connectivity index (χ1n) is 8.94. The molecule has 4 aromatic rings. The maximum Gasteiger partial charge on any atom is 0.352 e. The van der Waals surface area contributed by atoms with Crippen LogP contribution in [0.15, 0.2) is 82.0 Å². The predicted molar refractivity (Wildman–Crippen MR) is 112 cm³/mol. The number of aryl methyl sites for hydroxylation is 1. The van der Waals surface area contributed by atoms with Gasteiger partial charge in [-0.3, -0.25) is 0 Å². The van der Waals surface area contributed by atoms with Gasteiger partial charge >= 0.3 is 5.63 Å². The van der Waals surface area contributed by atoms with Gasteiger partial charge in [0.05, 0.1) is 7.11 Å². The van der Waals surface area contributed by atoms with Gasteiger partial charge in [-0.25, -0.2) is 4.79 Å². The van der Waals surface area contributed by atoms with Gasteiger partial charge in [-0.2, -0.15) is 0 Å². The summed E-state index contributed by atoms with van der Waals surface area (Å²) in [7, 11) is 1.62. The van der Waals surface area contributed by atoms with Crippen molar-refractivity contribution in [2.75, 3.05) is 7.11 Å². The Hall–Kier alpha value is -3.77. The Labute approximate surface area is 163 Å². The van der Waals surface area contributed by atoms with Gasteiger partial charge in [0, 0.05) is 16.5 Å². The molecule has 0 bridgehead atoms. The molecule has 0 fully saturated rings. The zero-order valence-electron chi connectivity index (χ0n) is 15.7. The third kappa shape index (κ3) is 3.41. The monoisotopic (exact) mass is 366 g/mol. The second-order valence-corrected chi connectivity index (χ2v) is 6.48. The Bertz CT molecular complexity index is 1250. The lowest BCUT2D eigenvalue weighted by molar-refractivity contribution is 0.415. The zero-order valence-corrected chi connectivity index (χ0v) is 15.7. The van der Waals surface area contributed by atoms with Gasteiger partial charge in [0.1, 0.15) is 16.9 Å². The van der Waals surface area contributed by atoms with Gasteiger partial charge in [0.2, 0.25) is 0 Å². The molecule has 136 valence electrons. The number of hydrogen-bond donors (Lipinski definition) is 0. The van der Waals surface area contributed by atoms with Gasteiger partial charge < -0.3 is 9.15 Å². The molecule has 3 nitrogen and oxygen atoms in total. The number of fused-ring (bicyclic) bond motifs is 1. The summed E-state index contributed by atoms with van der Waals surface area (Å²) >= 11 is 0. The van der Waals surface area contributed by atoms with Crippen molar-refractivity contribution in [3.63, 3.8) is 0 Å². The molecule has 0 aliphatic rings. The average molecular weight is 366 g/mol. The van der Waals surface area contributed by atoms with E-state index in [9.17, 15) is 4.79 Å². The molecule has 0 aliphatic carbocycles. The van der Waals surface area contributed by atoms with Crippen molar-refractivity contribution < 1.29 is 9.15 Å². The van der Waals surface area contributed by atoms with Crippen molar-refractivity contribution in [1.29, 1.82) is 0 Å². The van der Waals surface area contributed by atoms with Crippen LogP contribution < -0.4 is 10.4 Å². The number of methoxy groups -OCH3 is 1. The highest BCUT2D eigenvalue weighted by Crippen LogP contribution is 2.30. The van der Waals surface area contributed by atoms with Gasteiger partial charge in [-0.1, -0.05) is 54.3 Å². The van der Waals surface area contributed by atoms with E-state index < -0.39 is 5.63 Å². The lowest BCUT2D eigenvalue weighted by atomic mass is 9.96. The molecular formula is C25H18O3. The first kappa shape index (κ1) is 17.6. The van der Waals surface area contributed by atoms with Crippen molar-refractivity contribution >= 4 is 11.0 Å². The van der Waals surface area contributed by atoms with Gasteiger partial charge in [0.15, 0.2) is 0 Å². The van der Waals surface area contributed by atoms with E-state index in [1.165, 1.54) is 0 Å². The first-order chi connectivity index (χ1) is 13.7. The minimum atomic E-state index is -0.432. The Morgan fingerprint density at radius 1 is 0.893 bits per heavy atom. The van der Waals surface area contributed by atoms with Crippen LogP contribution in [-0.4, -0.2) is 7.11 Å². The lowest BCUT2D eigenvalue weighted by Crippen LogP contribution is -2.07. The molecule has 0 atom stereocenters. The van der Waals surface area contributed by atoms with E-state index in [0.717, 1.165) is 33.4 Å². The smallest absolute Gasteiger partial charge is 0.352 e. The topological polar surface area (TPSA) is 39.4 Å². The van der Waals surface area contributed by atoms with Crippen LogP contribution in [0.4, 0.5) is 0 Å². The average Bonchev–Trinajstić information content (AvgIpc) is 2.73. The largest absolute Gasteiger partial charge is 0.497 e. The number of rotatable bonds is 2. The summed E-state index contributed by atoms with van der Waals surface area (Å²) in [5, 5.41) is 0.871. The Kier molecular flexibility index (Phi) is 4.70. The van der Waals surface area contributed by atoms with E-state index in [1.54, 1.807) is 7.11 Å². The SMILES string of the molecule is COc1ccc(C#Cc2c(-c3ccccc3)c3ccc(C)cc3oc2=O)cc1. The van der Waals surface area contributed by atoms with Crippen molar-refractivity contribution in [3.8, 4) is 28.7 Å². The highest BCUT2D eigenvalue weighted by Gasteiger charge is 2.15. The molecule has 0 unspecified atom stereocenters. The summed E-state index contributed by atoms with van der Waals surface area (Å²) in [6.45, 7) is 1.97. The fraction of sp³-hybridized carbons (Fsp3) is 0.0800. The van der Waals surface area contributed by atoms with Crippen molar-refractivity contribution in [2.45, 2.75) is 6.92 Å². The summed E-state index contributed by atoms with van der Waals surface area (Å²) in [5.74, 6) is 6.88. The summed E-state index contributed by atoms with van der Waals surface area (Å²) in [6.07, 6.45) is 0. The second-order valence-electron chi connectivity index (χ2n) is 6.48. The molecule has 28 heavy (non-hydrogen) atoms. The van der Waals surface area contributed by atoms with Crippen molar-refractivity contribution in [2.24, 2.45) is 0 Å². The van der Waals surface area contributed by atoms with Crippen LogP contribution in [0.3, 0.4) is 0 Å². The van der Waals surface area contributed by atoms with E-state index >= 15 is 0 Å². The molecule has 4 rings (SSSR count). The molecule has 1 heterocycles. The van der Waals surface area contributed by atoms with Crippen molar-refractivity contribution in [3.05, 3.63) is 99.9 Å². The normalized spacial score (nSPS) is 10.4. The van der Waals surface area contributed by atoms with Crippen LogP contribution in [0, 0.1) is 18.8 Å². The van der Waals surface area contributed by atoms with E-state index in [2.05, 4.69) is 11.8 Å². The minimum absolute atomic E-state index is 0.360. The molecule has 3 heteroatoms. The second kappa shape index (κ2) is 7.46. The molecule has 3 aromatic carbocycles. The molecule has 1 aromatic heterocycles. The maximum absolute atomic E-state index is 12.8. The standard InChI is InChI=1S/C25H18O3/c1-17-8-14-21-23(16-17)28-25(26)22(24(21)19-6-4-3-5-7-19)15-11-18-9-12-20(27-2)13-10-18/h3-10,12-14,16H,1-2H3. The molecule has 0 saturated heterocycles. The summed E-state index contributed by atoms with van der Waals surface area (Å²) in [5.41, 5.74) is 4.06. The maximum atomic E-state index is 12.8. The quantitative estimate of drug-likeness (QED) is 0.363. The summed E-state index contributed by atoms with van der Waals surface area (Å²) in [6, 6.07) is 23.1. The van der Waals surface area contributed by atoms with E-state index in [1.807, 2.05) is 79.7 Å². The van der Waals surface area contributed by atoms with E-state index in [-0.39, 0.29) is 0 Å². The van der Waals surface area contributed by atoms with E-state index in [4.69, 9.17) is 9.15 Å². The predicted octanol–water partition coefficient (Wildman–Crippen LogP) is 5.18. The Balaban J connectivity index is 1.95. The number of ether oxygens (including phenoxy) is 1. The number of hydrogen-bond acceptors (Lipinski definition) is 3.